The lowest BCUT2D eigenvalue weighted by atomic mass is 10.2. The van der Waals surface area contributed by atoms with E-state index in [1.807, 2.05) is 47.7 Å². The van der Waals surface area contributed by atoms with Crippen molar-refractivity contribution < 1.29 is 4.79 Å². The summed E-state index contributed by atoms with van der Waals surface area (Å²) in [6.07, 6.45) is 0.485. The molecule has 0 unspecified atom stereocenters. The van der Waals surface area contributed by atoms with Crippen molar-refractivity contribution in [2.45, 2.75) is 33.2 Å². The molecule has 0 bridgehead atoms. The van der Waals surface area contributed by atoms with E-state index >= 15 is 0 Å². The number of piperazine rings is 1. The molecule has 1 saturated heterocycles. The highest BCUT2D eigenvalue weighted by Crippen LogP contribution is 2.22. The Morgan fingerprint density at radius 3 is 2.52 bits per heavy atom. The van der Waals surface area contributed by atoms with Crippen molar-refractivity contribution in [3.05, 3.63) is 46.7 Å². The average molecular weight is 361 g/mol. The molecule has 1 aromatic carbocycles. The molecule has 5 nitrogen and oxygen atoms in total. The van der Waals surface area contributed by atoms with E-state index in [9.17, 15) is 4.79 Å². The fraction of sp³-hybridized carbons (Fsp3) is 0.474. The van der Waals surface area contributed by atoms with Gasteiger partial charge in [-0.15, -0.1) is 0 Å². The van der Waals surface area contributed by atoms with Crippen LogP contribution >= 0.6 is 11.6 Å². The molecule has 1 aromatic heterocycles. The van der Waals surface area contributed by atoms with Crippen LogP contribution in [0.1, 0.15) is 30.8 Å². The lowest BCUT2D eigenvalue weighted by Crippen LogP contribution is -2.49. The second-order valence-electron chi connectivity index (χ2n) is 6.77. The predicted molar refractivity (Wildman–Crippen MR) is 101 cm³/mol. The molecule has 25 heavy (non-hydrogen) atoms. The number of carbonyl (C=O) groups excluding carboxylic acids is 1. The molecule has 134 valence electrons. The summed E-state index contributed by atoms with van der Waals surface area (Å²) in [5, 5.41) is 5.24. The number of benzene rings is 1. The largest absolute Gasteiger partial charge is 0.368 e. The fourth-order valence-electron chi connectivity index (χ4n) is 3.45. The van der Waals surface area contributed by atoms with Crippen LogP contribution in [0, 0.1) is 13.8 Å². The van der Waals surface area contributed by atoms with Gasteiger partial charge in [0.25, 0.3) is 0 Å². The van der Waals surface area contributed by atoms with E-state index in [1.54, 1.807) is 0 Å². The third-order valence-electron chi connectivity index (χ3n) is 4.74. The maximum Gasteiger partial charge on any atom is 0.224 e. The normalized spacial score (nSPS) is 16.2. The van der Waals surface area contributed by atoms with E-state index in [0.717, 1.165) is 48.3 Å². The Morgan fingerprint density at radius 1 is 1.20 bits per heavy atom. The summed E-state index contributed by atoms with van der Waals surface area (Å²) in [6, 6.07) is 10.0. The van der Waals surface area contributed by atoms with Gasteiger partial charge in [-0.05, 0) is 45.0 Å². The van der Waals surface area contributed by atoms with E-state index in [-0.39, 0.29) is 11.9 Å². The number of hydrogen-bond acceptors (Lipinski definition) is 3. The van der Waals surface area contributed by atoms with Crippen molar-refractivity contribution in [3.8, 4) is 0 Å². The van der Waals surface area contributed by atoms with E-state index < -0.39 is 0 Å². The second-order valence-corrected chi connectivity index (χ2v) is 7.21. The molecule has 0 saturated carbocycles. The summed E-state index contributed by atoms with van der Waals surface area (Å²) in [5.41, 5.74) is 3.21. The van der Waals surface area contributed by atoms with E-state index in [1.165, 1.54) is 0 Å². The highest BCUT2D eigenvalue weighted by molar-refractivity contribution is 6.30. The van der Waals surface area contributed by atoms with Crippen molar-refractivity contribution in [1.82, 2.24) is 14.7 Å². The van der Waals surface area contributed by atoms with Gasteiger partial charge in [0, 0.05) is 49.0 Å². The quantitative estimate of drug-likeness (QED) is 0.838. The Bertz CT molecular complexity index is 750. The first kappa shape index (κ1) is 17.8. The Morgan fingerprint density at radius 2 is 1.92 bits per heavy atom. The Hall–Kier alpha value is -2.01. The van der Waals surface area contributed by atoms with Crippen LogP contribution < -0.4 is 4.90 Å². The van der Waals surface area contributed by atoms with Crippen LogP contribution in [0.4, 0.5) is 5.69 Å². The van der Waals surface area contributed by atoms with Crippen LogP contribution in [-0.4, -0.2) is 46.8 Å². The summed E-state index contributed by atoms with van der Waals surface area (Å²) < 4.78 is 1.95. The first-order valence-electron chi connectivity index (χ1n) is 8.75. The van der Waals surface area contributed by atoms with Gasteiger partial charge in [0.1, 0.15) is 0 Å². The lowest BCUT2D eigenvalue weighted by molar-refractivity contribution is -0.132. The molecular formula is C19H25ClN4O. The van der Waals surface area contributed by atoms with Crippen LogP contribution in [0.15, 0.2) is 30.3 Å². The van der Waals surface area contributed by atoms with Gasteiger partial charge in [0.2, 0.25) is 5.91 Å². The van der Waals surface area contributed by atoms with Gasteiger partial charge >= 0.3 is 0 Å². The van der Waals surface area contributed by atoms with Crippen molar-refractivity contribution in [2.75, 3.05) is 31.1 Å². The van der Waals surface area contributed by atoms with Crippen molar-refractivity contribution in [2.24, 2.45) is 0 Å². The Kier molecular flexibility index (Phi) is 5.33. The van der Waals surface area contributed by atoms with Crippen LogP contribution in [0.3, 0.4) is 0 Å². The van der Waals surface area contributed by atoms with Gasteiger partial charge in [-0.25, -0.2) is 0 Å². The van der Waals surface area contributed by atoms with Gasteiger partial charge in [0.05, 0.1) is 11.7 Å². The third-order valence-corrected chi connectivity index (χ3v) is 4.97. The molecule has 1 amide bonds. The van der Waals surface area contributed by atoms with Gasteiger partial charge in [-0.1, -0.05) is 17.7 Å². The molecule has 1 aliphatic rings. The van der Waals surface area contributed by atoms with Crippen LogP contribution in [0.5, 0.6) is 0 Å². The van der Waals surface area contributed by atoms with Crippen LogP contribution in [0.2, 0.25) is 5.02 Å². The highest BCUT2D eigenvalue weighted by Gasteiger charge is 2.23. The molecule has 2 aromatic rings. The van der Waals surface area contributed by atoms with Crippen molar-refractivity contribution in [3.63, 3.8) is 0 Å². The number of rotatable bonds is 4. The molecule has 1 fully saturated rings. The number of aryl methyl sites for hydroxylation is 2. The topological polar surface area (TPSA) is 41.4 Å². The number of aromatic nitrogens is 2. The second kappa shape index (κ2) is 7.48. The average Bonchev–Trinajstić information content (AvgIpc) is 2.93. The monoisotopic (exact) mass is 360 g/mol. The third kappa shape index (κ3) is 4.15. The minimum absolute atomic E-state index is 0.0761. The number of nitrogens with zero attached hydrogens (tertiary/aromatic N) is 4. The molecule has 0 spiro atoms. The molecule has 0 radical (unpaired) electrons. The molecule has 6 heteroatoms. The summed E-state index contributed by atoms with van der Waals surface area (Å²) in [7, 11) is 0. The summed E-state index contributed by atoms with van der Waals surface area (Å²) in [4.78, 5) is 16.9. The van der Waals surface area contributed by atoms with E-state index in [2.05, 4.69) is 23.0 Å². The van der Waals surface area contributed by atoms with Gasteiger partial charge in [-0.3, -0.25) is 9.48 Å². The molecule has 2 heterocycles. The van der Waals surface area contributed by atoms with E-state index in [0.29, 0.717) is 6.42 Å². The molecular weight excluding hydrogens is 336 g/mol. The van der Waals surface area contributed by atoms with Crippen molar-refractivity contribution in [1.29, 1.82) is 0 Å². The summed E-state index contributed by atoms with van der Waals surface area (Å²) >= 11 is 6.07. The first-order chi connectivity index (χ1) is 11.9. The number of carbonyl (C=O) groups is 1. The SMILES string of the molecule is Cc1cc(C)n([C@H](C)CC(=O)N2CCN(c3cccc(Cl)c3)CC2)n1. The number of anilines is 1. The van der Waals surface area contributed by atoms with Gasteiger partial charge in [0.15, 0.2) is 0 Å². The number of amides is 1. The van der Waals surface area contributed by atoms with Gasteiger partial charge < -0.3 is 9.80 Å². The number of halogens is 1. The van der Waals surface area contributed by atoms with Gasteiger partial charge in [-0.2, -0.15) is 5.10 Å². The smallest absolute Gasteiger partial charge is 0.224 e. The zero-order valence-electron chi connectivity index (χ0n) is 15.1. The first-order valence-corrected chi connectivity index (χ1v) is 9.13. The Labute approximate surface area is 154 Å². The number of hydrogen-bond donors (Lipinski definition) is 0. The molecule has 0 N–H and O–H groups in total. The lowest BCUT2D eigenvalue weighted by Gasteiger charge is -2.36. The Balaban J connectivity index is 1.55. The highest BCUT2D eigenvalue weighted by atomic mass is 35.5. The molecule has 3 rings (SSSR count). The molecule has 1 atom stereocenters. The maximum absolute atomic E-state index is 12.6. The molecule has 0 aliphatic carbocycles. The molecule has 1 aliphatic heterocycles. The zero-order valence-corrected chi connectivity index (χ0v) is 15.8. The minimum atomic E-state index is 0.0761. The van der Waals surface area contributed by atoms with Crippen LogP contribution in [-0.2, 0) is 4.79 Å². The predicted octanol–water partition coefficient (Wildman–Crippen LogP) is 3.45. The maximum atomic E-state index is 12.6. The minimum Gasteiger partial charge on any atom is -0.368 e. The van der Waals surface area contributed by atoms with Crippen LogP contribution in [0.25, 0.3) is 0 Å². The van der Waals surface area contributed by atoms with Crippen molar-refractivity contribution >= 4 is 23.2 Å². The fourth-order valence-corrected chi connectivity index (χ4v) is 3.63. The summed E-state index contributed by atoms with van der Waals surface area (Å²) in [5.74, 6) is 0.200. The van der Waals surface area contributed by atoms with E-state index in [4.69, 9.17) is 11.6 Å². The standard InChI is InChI=1S/C19H25ClN4O/c1-14-11-15(2)24(21-14)16(3)12-19(25)23-9-7-22(8-10-23)18-6-4-5-17(20)13-18/h4-6,11,13,16H,7-10,12H2,1-3H3/t16-/m1/s1. The zero-order chi connectivity index (χ0) is 18.0. The summed E-state index contributed by atoms with van der Waals surface area (Å²) in [6.45, 7) is 9.22.